The third-order valence-corrected chi connectivity index (χ3v) is 4.66. The summed E-state index contributed by atoms with van der Waals surface area (Å²) in [6.45, 7) is 5.48. The highest BCUT2D eigenvalue weighted by Gasteiger charge is 2.28. The summed E-state index contributed by atoms with van der Waals surface area (Å²) in [6.07, 6.45) is 4.00. The van der Waals surface area contributed by atoms with E-state index in [1.165, 1.54) is 37.9 Å². The number of hydrogen-bond acceptors (Lipinski definition) is 2. The number of nitrogens with one attached hydrogen (secondary N) is 1. The standard InChI is InChI=1S/C15H21ClN2/c1-11-2-3-12(8-15(11)16)9-18-7-6-13-4-5-14(10-18)17-13/h2-3,8,13-14,17H,4-7,9-10H2,1H3. The molecule has 0 spiro atoms. The van der Waals surface area contributed by atoms with Crippen LogP contribution >= 0.6 is 11.6 Å². The lowest BCUT2D eigenvalue weighted by molar-refractivity contribution is 0.251. The maximum Gasteiger partial charge on any atom is 0.0438 e. The van der Waals surface area contributed by atoms with Crippen molar-refractivity contribution in [2.45, 2.75) is 44.8 Å². The van der Waals surface area contributed by atoms with Crippen LogP contribution in [-0.4, -0.2) is 30.1 Å². The van der Waals surface area contributed by atoms with Gasteiger partial charge in [0.2, 0.25) is 0 Å². The second-order valence-electron chi connectivity index (χ2n) is 5.75. The van der Waals surface area contributed by atoms with Gasteiger partial charge in [0, 0.05) is 36.7 Å². The average molecular weight is 265 g/mol. The molecule has 0 aromatic heterocycles. The third kappa shape index (κ3) is 2.71. The zero-order valence-corrected chi connectivity index (χ0v) is 11.7. The second kappa shape index (κ2) is 5.20. The van der Waals surface area contributed by atoms with Gasteiger partial charge >= 0.3 is 0 Å². The van der Waals surface area contributed by atoms with Crippen molar-refractivity contribution in [3.05, 3.63) is 34.3 Å². The van der Waals surface area contributed by atoms with Crippen LogP contribution in [0.2, 0.25) is 5.02 Å². The third-order valence-electron chi connectivity index (χ3n) is 4.25. The van der Waals surface area contributed by atoms with Gasteiger partial charge in [0.1, 0.15) is 0 Å². The zero-order chi connectivity index (χ0) is 12.5. The summed E-state index contributed by atoms with van der Waals surface area (Å²) in [5, 5.41) is 4.61. The number of likely N-dealkylation sites (tertiary alicyclic amines) is 1. The van der Waals surface area contributed by atoms with E-state index in [1.54, 1.807) is 0 Å². The molecule has 3 rings (SSSR count). The molecule has 2 aliphatic rings. The molecule has 1 aromatic carbocycles. The summed E-state index contributed by atoms with van der Waals surface area (Å²) in [4.78, 5) is 2.57. The van der Waals surface area contributed by atoms with Crippen molar-refractivity contribution in [2.75, 3.05) is 13.1 Å². The summed E-state index contributed by atoms with van der Waals surface area (Å²) < 4.78 is 0. The first kappa shape index (κ1) is 12.5. The molecule has 2 aliphatic heterocycles. The van der Waals surface area contributed by atoms with Crippen LogP contribution in [0.1, 0.15) is 30.4 Å². The maximum atomic E-state index is 6.20. The lowest BCUT2D eigenvalue weighted by Crippen LogP contribution is -2.34. The largest absolute Gasteiger partial charge is 0.310 e. The van der Waals surface area contributed by atoms with Crippen LogP contribution in [0.25, 0.3) is 0 Å². The molecule has 0 amide bonds. The molecule has 3 heteroatoms. The number of nitrogens with zero attached hydrogens (tertiary/aromatic N) is 1. The lowest BCUT2D eigenvalue weighted by Gasteiger charge is -2.24. The zero-order valence-electron chi connectivity index (χ0n) is 11.0. The van der Waals surface area contributed by atoms with Crippen molar-refractivity contribution in [1.29, 1.82) is 0 Å². The molecule has 2 heterocycles. The molecule has 2 atom stereocenters. The first-order chi connectivity index (χ1) is 8.70. The van der Waals surface area contributed by atoms with Crippen molar-refractivity contribution in [1.82, 2.24) is 10.2 Å². The second-order valence-corrected chi connectivity index (χ2v) is 6.15. The summed E-state index contributed by atoms with van der Waals surface area (Å²) in [5.41, 5.74) is 2.50. The molecule has 18 heavy (non-hydrogen) atoms. The van der Waals surface area contributed by atoms with Crippen LogP contribution in [0.3, 0.4) is 0 Å². The van der Waals surface area contributed by atoms with E-state index in [0.717, 1.165) is 23.2 Å². The maximum absolute atomic E-state index is 6.20. The van der Waals surface area contributed by atoms with Crippen molar-refractivity contribution < 1.29 is 0 Å². The Morgan fingerprint density at radius 2 is 2.11 bits per heavy atom. The van der Waals surface area contributed by atoms with Gasteiger partial charge in [0.05, 0.1) is 0 Å². The number of aryl methyl sites for hydroxylation is 1. The van der Waals surface area contributed by atoms with Gasteiger partial charge in [-0.25, -0.2) is 0 Å². The summed E-state index contributed by atoms with van der Waals surface area (Å²) in [7, 11) is 0. The van der Waals surface area contributed by atoms with Gasteiger partial charge in [-0.05, 0) is 43.4 Å². The van der Waals surface area contributed by atoms with Gasteiger partial charge in [-0.2, -0.15) is 0 Å². The fourth-order valence-corrected chi connectivity index (χ4v) is 3.36. The van der Waals surface area contributed by atoms with E-state index >= 15 is 0 Å². The first-order valence-corrected chi connectivity index (χ1v) is 7.32. The lowest BCUT2D eigenvalue weighted by atomic mass is 10.1. The van der Waals surface area contributed by atoms with E-state index in [0.29, 0.717) is 6.04 Å². The highest BCUT2D eigenvalue weighted by molar-refractivity contribution is 6.31. The number of rotatable bonds is 2. The molecule has 0 aliphatic carbocycles. The quantitative estimate of drug-likeness (QED) is 0.884. The summed E-state index contributed by atoms with van der Waals surface area (Å²) >= 11 is 6.20. The molecular weight excluding hydrogens is 244 g/mol. The number of fused-ring (bicyclic) bond motifs is 2. The minimum Gasteiger partial charge on any atom is -0.310 e. The summed E-state index contributed by atoms with van der Waals surface area (Å²) in [6, 6.07) is 7.92. The molecule has 2 bridgehead atoms. The molecule has 2 fully saturated rings. The van der Waals surface area contributed by atoms with E-state index in [4.69, 9.17) is 11.6 Å². The fourth-order valence-electron chi connectivity index (χ4n) is 3.15. The predicted octanol–water partition coefficient (Wildman–Crippen LogP) is 2.97. The average Bonchev–Trinajstić information content (AvgIpc) is 2.68. The van der Waals surface area contributed by atoms with Gasteiger partial charge in [0.25, 0.3) is 0 Å². The van der Waals surface area contributed by atoms with E-state index in [9.17, 15) is 0 Å². The molecule has 2 saturated heterocycles. The molecule has 0 saturated carbocycles. The van der Waals surface area contributed by atoms with Crippen molar-refractivity contribution in [2.24, 2.45) is 0 Å². The number of halogens is 1. The van der Waals surface area contributed by atoms with Crippen LogP contribution in [0.15, 0.2) is 18.2 Å². The molecular formula is C15H21ClN2. The minimum atomic E-state index is 0.707. The number of hydrogen-bond donors (Lipinski definition) is 1. The van der Waals surface area contributed by atoms with Gasteiger partial charge in [0.15, 0.2) is 0 Å². The molecule has 1 N–H and O–H groups in total. The Balaban J connectivity index is 1.66. The van der Waals surface area contributed by atoms with Gasteiger partial charge in [-0.15, -0.1) is 0 Å². The molecule has 98 valence electrons. The summed E-state index contributed by atoms with van der Waals surface area (Å²) in [5.74, 6) is 0. The van der Waals surface area contributed by atoms with Crippen LogP contribution in [0.5, 0.6) is 0 Å². The Kier molecular flexibility index (Phi) is 3.60. The van der Waals surface area contributed by atoms with Crippen LogP contribution in [0.4, 0.5) is 0 Å². The Morgan fingerprint density at radius 3 is 2.94 bits per heavy atom. The van der Waals surface area contributed by atoms with E-state index < -0.39 is 0 Å². The van der Waals surface area contributed by atoms with Gasteiger partial charge in [-0.3, -0.25) is 4.90 Å². The molecule has 2 unspecified atom stereocenters. The van der Waals surface area contributed by atoms with E-state index in [1.807, 2.05) is 0 Å². The van der Waals surface area contributed by atoms with Crippen LogP contribution in [0, 0.1) is 6.92 Å². The van der Waals surface area contributed by atoms with E-state index in [-0.39, 0.29) is 0 Å². The number of benzene rings is 1. The monoisotopic (exact) mass is 264 g/mol. The van der Waals surface area contributed by atoms with Gasteiger partial charge in [-0.1, -0.05) is 23.7 Å². The van der Waals surface area contributed by atoms with Crippen molar-refractivity contribution in [3.63, 3.8) is 0 Å². The highest BCUT2D eigenvalue weighted by atomic mass is 35.5. The van der Waals surface area contributed by atoms with Gasteiger partial charge < -0.3 is 5.32 Å². The smallest absolute Gasteiger partial charge is 0.0438 e. The Labute approximate surface area is 114 Å². The SMILES string of the molecule is Cc1ccc(CN2CCC3CCC(C2)N3)cc1Cl. The fraction of sp³-hybridized carbons (Fsp3) is 0.600. The first-order valence-electron chi connectivity index (χ1n) is 6.94. The minimum absolute atomic E-state index is 0.707. The molecule has 2 nitrogen and oxygen atoms in total. The van der Waals surface area contributed by atoms with Crippen molar-refractivity contribution in [3.8, 4) is 0 Å². The van der Waals surface area contributed by atoms with Crippen molar-refractivity contribution >= 4 is 11.6 Å². The Bertz CT molecular complexity index is 433. The molecule has 1 aromatic rings. The Morgan fingerprint density at radius 1 is 1.28 bits per heavy atom. The predicted molar refractivity (Wildman–Crippen MR) is 76.0 cm³/mol. The van der Waals surface area contributed by atoms with Crippen LogP contribution < -0.4 is 5.32 Å². The van der Waals surface area contributed by atoms with Crippen LogP contribution in [-0.2, 0) is 6.54 Å². The highest BCUT2D eigenvalue weighted by Crippen LogP contribution is 2.23. The van der Waals surface area contributed by atoms with E-state index in [2.05, 4.69) is 35.3 Å². The normalized spacial score (nSPS) is 28.3. The molecule has 0 radical (unpaired) electrons. The Hall–Kier alpha value is -0.570. The topological polar surface area (TPSA) is 15.3 Å².